The molecule has 0 bridgehead atoms. The van der Waals surface area contributed by atoms with Gasteiger partial charge in [0, 0.05) is 33.2 Å². The van der Waals surface area contributed by atoms with Gasteiger partial charge in [0.05, 0.1) is 22.8 Å². The summed E-state index contributed by atoms with van der Waals surface area (Å²) in [5.74, 6) is -0.313. The van der Waals surface area contributed by atoms with Crippen LogP contribution in [0.5, 0.6) is 5.75 Å². The molecule has 1 saturated heterocycles. The number of benzene rings is 1. The summed E-state index contributed by atoms with van der Waals surface area (Å²) in [6.07, 6.45) is 1.91. The fourth-order valence-corrected chi connectivity index (χ4v) is 6.36. The van der Waals surface area contributed by atoms with Gasteiger partial charge in [-0.15, -0.1) is 0 Å². The van der Waals surface area contributed by atoms with E-state index in [2.05, 4.69) is 15.1 Å². The zero-order valence-corrected chi connectivity index (χ0v) is 22.9. The molecular weight excluding hydrogens is 512 g/mol. The summed E-state index contributed by atoms with van der Waals surface area (Å²) in [7, 11) is -2.21. The Kier molecular flexibility index (Phi) is 8.19. The number of aliphatic carboxylic acids is 1. The molecule has 0 saturated carbocycles. The number of nitrogens with zero attached hydrogens (tertiary/aromatic N) is 5. The molecule has 1 fully saturated rings. The van der Waals surface area contributed by atoms with Crippen LogP contribution in [0.3, 0.4) is 0 Å². The van der Waals surface area contributed by atoms with E-state index in [0.29, 0.717) is 60.6 Å². The van der Waals surface area contributed by atoms with Gasteiger partial charge < -0.3 is 14.8 Å². The number of ether oxygens (including phenoxy) is 1. The number of fused-ring (bicyclic) bond motifs is 1. The third kappa shape index (κ3) is 5.18. The smallest absolute Gasteiger partial charge is 0.320 e. The summed E-state index contributed by atoms with van der Waals surface area (Å²) in [4.78, 5) is 33.8. The number of piperazine rings is 1. The first-order valence-electron chi connectivity index (χ1n) is 12.8. The number of aromatic amines is 1. The fourth-order valence-electron chi connectivity index (χ4n) is 4.91. The summed E-state index contributed by atoms with van der Waals surface area (Å²) in [5.41, 5.74) is 1.50. The lowest BCUT2D eigenvalue weighted by Crippen LogP contribution is -2.53. The van der Waals surface area contributed by atoms with Crippen LogP contribution in [-0.2, 0) is 28.3 Å². The van der Waals surface area contributed by atoms with Crippen LogP contribution in [-0.4, -0.2) is 87.3 Å². The predicted octanol–water partition coefficient (Wildman–Crippen LogP) is 1.84. The molecule has 1 unspecified atom stereocenters. The van der Waals surface area contributed by atoms with Crippen molar-refractivity contribution in [2.75, 3.05) is 32.8 Å². The van der Waals surface area contributed by atoms with Crippen molar-refractivity contribution in [3.63, 3.8) is 0 Å². The summed E-state index contributed by atoms with van der Waals surface area (Å²) in [5, 5.41) is 13.9. The number of carboxylic acids is 1. The van der Waals surface area contributed by atoms with E-state index >= 15 is 0 Å². The highest BCUT2D eigenvalue weighted by Gasteiger charge is 2.33. The molecule has 1 aliphatic heterocycles. The molecule has 3 aromatic rings. The molecule has 2 aromatic heterocycles. The first-order valence-corrected chi connectivity index (χ1v) is 14.3. The maximum absolute atomic E-state index is 13.6. The van der Waals surface area contributed by atoms with E-state index in [1.807, 2.05) is 13.8 Å². The number of hydrogen-bond donors (Lipinski definition) is 2. The van der Waals surface area contributed by atoms with Crippen LogP contribution in [0.1, 0.15) is 39.3 Å². The van der Waals surface area contributed by atoms with Gasteiger partial charge in [0.15, 0.2) is 5.52 Å². The zero-order chi connectivity index (χ0) is 27.6. The van der Waals surface area contributed by atoms with Gasteiger partial charge >= 0.3 is 5.97 Å². The maximum Gasteiger partial charge on any atom is 0.320 e. The van der Waals surface area contributed by atoms with Crippen LogP contribution in [0.15, 0.2) is 27.9 Å². The molecule has 4 rings (SSSR count). The second-order valence-corrected chi connectivity index (χ2v) is 11.2. The van der Waals surface area contributed by atoms with Gasteiger partial charge in [0.25, 0.3) is 5.56 Å². The van der Waals surface area contributed by atoms with Crippen LogP contribution in [0, 0.1) is 0 Å². The number of carboxylic acid groups (broad SMARTS) is 1. The van der Waals surface area contributed by atoms with E-state index in [0.717, 1.165) is 6.42 Å². The largest absolute Gasteiger partial charge is 0.493 e. The molecule has 1 aliphatic rings. The van der Waals surface area contributed by atoms with Gasteiger partial charge in [-0.05, 0) is 38.0 Å². The number of aromatic nitrogens is 4. The average Bonchev–Trinajstić information content (AvgIpc) is 3.20. The molecule has 1 aromatic carbocycles. The Morgan fingerprint density at radius 1 is 1.18 bits per heavy atom. The van der Waals surface area contributed by atoms with E-state index in [-0.39, 0.29) is 29.4 Å². The first-order chi connectivity index (χ1) is 18.1. The lowest BCUT2D eigenvalue weighted by molar-refractivity contribution is -0.143. The zero-order valence-electron chi connectivity index (χ0n) is 22.1. The quantitative estimate of drug-likeness (QED) is 0.388. The Balaban J connectivity index is 1.72. The Labute approximate surface area is 221 Å². The SMILES string of the molecule is CCCc1nn(C)c2c(=O)[nH]c(-c3cc(S(=O)(=O)N4CCN(C(CC)C(=O)O)CC4)ccc3OCC)nc12. The van der Waals surface area contributed by atoms with Gasteiger partial charge in [-0.2, -0.15) is 9.40 Å². The highest BCUT2D eigenvalue weighted by atomic mass is 32.2. The minimum Gasteiger partial charge on any atom is -0.493 e. The van der Waals surface area contributed by atoms with Gasteiger partial charge in [-0.25, -0.2) is 13.4 Å². The Morgan fingerprint density at radius 2 is 1.89 bits per heavy atom. The van der Waals surface area contributed by atoms with Crippen LogP contribution in [0.4, 0.5) is 0 Å². The lowest BCUT2D eigenvalue weighted by Gasteiger charge is -2.36. The van der Waals surface area contributed by atoms with Crippen LogP contribution < -0.4 is 10.3 Å². The highest BCUT2D eigenvalue weighted by molar-refractivity contribution is 7.89. The van der Waals surface area contributed by atoms with Crippen molar-refractivity contribution in [1.29, 1.82) is 0 Å². The monoisotopic (exact) mass is 546 g/mol. The number of hydrogen-bond acceptors (Lipinski definition) is 8. The maximum atomic E-state index is 13.6. The molecule has 2 N–H and O–H groups in total. The third-order valence-electron chi connectivity index (χ3n) is 6.78. The topological polar surface area (TPSA) is 151 Å². The molecule has 38 heavy (non-hydrogen) atoms. The van der Waals surface area contributed by atoms with Crippen molar-refractivity contribution in [1.82, 2.24) is 29.0 Å². The molecule has 206 valence electrons. The lowest BCUT2D eigenvalue weighted by atomic mass is 10.1. The van der Waals surface area contributed by atoms with Crippen LogP contribution in [0.25, 0.3) is 22.4 Å². The van der Waals surface area contributed by atoms with Gasteiger partial charge in [0.2, 0.25) is 10.0 Å². The Hall–Kier alpha value is -3.29. The second-order valence-electron chi connectivity index (χ2n) is 9.23. The number of H-pyrrole nitrogens is 1. The Bertz CT molecular complexity index is 1490. The average molecular weight is 547 g/mol. The molecule has 0 spiro atoms. The molecule has 1 atom stereocenters. The summed E-state index contributed by atoms with van der Waals surface area (Å²) >= 11 is 0. The first kappa shape index (κ1) is 27.7. The summed E-state index contributed by atoms with van der Waals surface area (Å²) < 4.78 is 35.8. The predicted molar refractivity (Wildman–Crippen MR) is 142 cm³/mol. The second kappa shape index (κ2) is 11.2. The van der Waals surface area contributed by atoms with Crippen molar-refractivity contribution >= 4 is 27.0 Å². The molecular formula is C25H34N6O6S. The molecule has 12 nitrogen and oxygen atoms in total. The van der Waals surface area contributed by atoms with Crippen molar-refractivity contribution in [3.05, 3.63) is 34.2 Å². The Morgan fingerprint density at radius 3 is 2.50 bits per heavy atom. The van der Waals surface area contributed by atoms with Gasteiger partial charge in [-0.1, -0.05) is 20.3 Å². The van der Waals surface area contributed by atoms with Crippen molar-refractivity contribution < 1.29 is 23.1 Å². The number of rotatable bonds is 10. The number of aryl methyl sites for hydroxylation is 2. The minimum atomic E-state index is -3.90. The molecule has 0 aliphatic carbocycles. The number of carbonyl (C=O) groups is 1. The van der Waals surface area contributed by atoms with E-state index < -0.39 is 22.0 Å². The normalized spacial score (nSPS) is 16.1. The van der Waals surface area contributed by atoms with E-state index in [4.69, 9.17) is 4.74 Å². The van der Waals surface area contributed by atoms with Crippen LogP contribution in [0.2, 0.25) is 0 Å². The van der Waals surface area contributed by atoms with Crippen molar-refractivity contribution in [2.45, 2.75) is 51.0 Å². The van der Waals surface area contributed by atoms with Crippen LogP contribution >= 0.6 is 0 Å². The molecule has 0 radical (unpaired) electrons. The molecule has 13 heteroatoms. The number of sulfonamides is 1. The van der Waals surface area contributed by atoms with E-state index in [1.165, 1.54) is 21.1 Å². The molecule has 0 amide bonds. The van der Waals surface area contributed by atoms with Gasteiger partial charge in [0.1, 0.15) is 23.1 Å². The van der Waals surface area contributed by atoms with E-state index in [1.54, 1.807) is 24.9 Å². The van der Waals surface area contributed by atoms with Gasteiger partial charge in [-0.3, -0.25) is 19.2 Å². The van der Waals surface area contributed by atoms with Crippen molar-refractivity contribution in [3.8, 4) is 17.1 Å². The van der Waals surface area contributed by atoms with Crippen molar-refractivity contribution in [2.24, 2.45) is 7.05 Å². The van der Waals surface area contributed by atoms with E-state index in [9.17, 15) is 23.1 Å². The number of nitrogens with one attached hydrogen (secondary N) is 1. The molecule has 3 heterocycles. The third-order valence-corrected chi connectivity index (χ3v) is 8.67. The minimum absolute atomic E-state index is 0.0393. The highest BCUT2D eigenvalue weighted by Crippen LogP contribution is 2.32. The summed E-state index contributed by atoms with van der Waals surface area (Å²) in [6.45, 7) is 6.95. The summed E-state index contributed by atoms with van der Waals surface area (Å²) in [6, 6.07) is 3.88. The standard InChI is InChI=1S/C25H34N6O6S/c1-5-8-18-21-22(29(4)28-18)24(32)27-23(26-21)17-15-16(9-10-20(17)37-7-3)38(35,36)31-13-11-30(12-14-31)19(6-2)25(33)34/h9-10,15,19H,5-8,11-14H2,1-4H3,(H,33,34)(H,26,27,32). The fraction of sp³-hybridized carbons (Fsp3) is 0.520.